The zero-order valence-electron chi connectivity index (χ0n) is 7.60. The molecule has 1 radical (unpaired) electrons. The van der Waals surface area contributed by atoms with Gasteiger partial charge in [0.25, 0.3) is 0 Å². The molecule has 1 atom stereocenters. The van der Waals surface area contributed by atoms with Gasteiger partial charge in [-0.05, 0) is 27.7 Å². The monoisotopic (exact) mass is 174 g/mol. The summed E-state index contributed by atoms with van der Waals surface area (Å²) in [4.78, 5) is 0. The lowest BCUT2D eigenvalue weighted by molar-refractivity contribution is 0.551. The topological polar surface area (TPSA) is 35.1 Å². The Kier molecular flexibility index (Phi) is 4.14. The molecule has 0 fully saturated rings. The molecule has 0 aliphatic heterocycles. The molecule has 65 valence electrons. The fourth-order valence-electron chi connectivity index (χ4n) is 0.331. The number of hydrogen-bond acceptors (Lipinski definition) is 2. The van der Waals surface area contributed by atoms with E-state index in [9.17, 15) is 4.55 Å². The van der Waals surface area contributed by atoms with E-state index < -0.39 is 11.4 Å². The molecule has 11 heavy (non-hydrogen) atoms. The van der Waals surface area contributed by atoms with Crippen LogP contribution in [-0.2, 0) is 11.4 Å². The fraction of sp³-hybridized carbons (Fsp3) is 0.625. The van der Waals surface area contributed by atoms with Crippen molar-refractivity contribution in [3.8, 4) is 0 Å². The third-order valence-corrected chi connectivity index (χ3v) is 2.41. The third-order valence-electron chi connectivity index (χ3n) is 0.969. The van der Waals surface area contributed by atoms with Gasteiger partial charge < -0.3 is 4.55 Å². The average molecular weight is 174 g/mol. The second-order valence-corrected chi connectivity index (χ2v) is 5.49. The number of hydrogen-bond donors (Lipinski definition) is 1. The maximum Gasteiger partial charge on any atom is 0.136 e. The van der Waals surface area contributed by atoms with Crippen molar-refractivity contribution < 1.29 is 4.55 Å². The normalized spacial score (nSPS) is 14.6. The third kappa shape index (κ3) is 5.30. The van der Waals surface area contributed by atoms with E-state index in [0.717, 1.165) is 5.57 Å². The lowest BCUT2D eigenvalue weighted by atomic mass is 10.3. The molecule has 0 aliphatic rings. The lowest BCUT2D eigenvalue weighted by Gasteiger charge is -2.23. The average Bonchev–Trinajstić information content (AvgIpc) is 1.80. The Labute approximate surface area is 72.4 Å². The molecule has 0 aromatic rings. The minimum Gasteiger partial charge on any atom is -0.598 e. The Bertz CT molecular complexity index is 140. The van der Waals surface area contributed by atoms with Crippen LogP contribution in [0.3, 0.4) is 0 Å². The quantitative estimate of drug-likeness (QED) is 0.662. The summed E-state index contributed by atoms with van der Waals surface area (Å²) < 4.78 is 13.9. The zero-order valence-corrected chi connectivity index (χ0v) is 8.42. The Balaban J connectivity index is 3.70. The predicted octanol–water partition coefficient (Wildman–Crippen LogP) is 1.78. The summed E-state index contributed by atoms with van der Waals surface area (Å²) in [6.45, 7) is 12.9. The van der Waals surface area contributed by atoms with E-state index in [2.05, 4.69) is 11.3 Å². The van der Waals surface area contributed by atoms with Crippen molar-refractivity contribution in [1.29, 1.82) is 0 Å². The minimum atomic E-state index is -1.02. The molecule has 1 N–H and O–H groups in total. The minimum absolute atomic E-state index is 0.216. The summed E-state index contributed by atoms with van der Waals surface area (Å²) in [7, 11) is 0. The summed E-state index contributed by atoms with van der Waals surface area (Å²) in [6, 6.07) is 0. The van der Waals surface area contributed by atoms with Crippen LogP contribution in [0.25, 0.3) is 0 Å². The standard InChI is InChI=1S/C8H16NOS/c1-7(2)6-9-11(10)8(3,4)5/h6,9H,1H2,2-5H3/t11-/m0/s1. The highest BCUT2D eigenvalue weighted by Crippen LogP contribution is 2.13. The molecule has 0 rings (SSSR count). The van der Waals surface area contributed by atoms with Crippen LogP contribution in [0.1, 0.15) is 27.7 Å². The second kappa shape index (κ2) is 4.14. The van der Waals surface area contributed by atoms with E-state index >= 15 is 0 Å². The van der Waals surface area contributed by atoms with Crippen LogP contribution in [-0.4, -0.2) is 9.30 Å². The largest absolute Gasteiger partial charge is 0.598 e. The van der Waals surface area contributed by atoms with E-state index in [-0.39, 0.29) is 4.75 Å². The van der Waals surface area contributed by atoms with Crippen molar-refractivity contribution in [1.82, 2.24) is 4.72 Å². The first-order valence-electron chi connectivity index (χ1n) is 3.51. The summed E-state index contributed by atoms with van der Waals surface area (Å²) in [5.74, 6) is 0. The van der Waals surface area contributed by atoms with Gasteiger partial charge in [0.05, 0.1) is 6.54 Å². The van der Waals surface area contributed by atoms with E-state index in [1.165, 1.54) is 0 Å². The van der Waals surface area contributed by atoms with E-state index in [1.54, 1.807) is 6.54 Å². The van der Waals surface area contributed by atoms with Crippen molar-refractivity contribution in [2.45, 2.75) is 32.4 Å². The highest BCUT2D eigenvalue weighted by molar-refractivity contribution is 7.90. The molecule has 3 heteroatoms. The SMILES string of the molecule is C=C(C)[CH]N[S@@+]([O-])C(C)(C)C. The molecule has 0 aliphatic carbocycles. The molecule has 2 nitrogen and oxygen atoms in total. The van der Waals surface area contributed by atoms with Gasteiger partial charge in [-0.1, -0.05) is 12.2 Å². The molecule has 0 amide bonds. The van der Waals surface area contributed by atoms with Gasteiger partial charge >= 0.3 is 0 Å². The molecular formula is C8H16NOS. The summed E-state index contributed by atoms with van der Waals surface area (Å²) in [6.07, 6.45) is 0. The van der Waals surface area contributed by atoms with E-state index in [0.29, 0.717) is 0 Å². The van der Waals surface area contributed by atoms with Crippen LogP contribution >= 0.6 is 0 Å². The fourth-order valence-corrected chi connectivity index (χ4v) is 0.993. The lowest BCUT2D eigenvalue weighted by Crippen LogP contribution is -2.38. The van der Waals surface area contributed by atoms with Gasteiger partial charge in [0, 0.05) is 11.4 Å². The highest BCUT2D eigenvalue weighted by atomic mass is 32.2. The van der Waals surface area contributed by atoms with Gasteiger partial charge in [0.1, 0.15) is 4.75 Å². The molecule has 0 bridgehead atoms. The Morgan fingerprint density at radius 1 is 1.55 bits per heavy atom. The summed E-state index contributed by atoms with van der Waals surface area (Å²) in [5, 5.41) is 0. The maximum absolute atomic E-state index is 11.3. The molecule has 0 aromatic heterocycles. The Morgan fingerprint density at radius 2 is 2.00 bits per heavy atom. The van der Waals surface area contributed by atoms with Crippen molar-refractivity contribution in [3.05, 3.63) is 18.7 Å². The molecule has 0 saturated carbocycles. The zero-order chi connectivity index (χ0) is 9.07. The van der Waals surface area contributed by atoms with Gasteiger partial charge in [-0.2, -0.15) is 0 Å². The molecule has 0 heterocycles. The van der Waals surface area contributed by atoms with Crippen molar-refractivity contribution in [3.63, 3.8) is 0 Å². The van der Waals surface area contributed by atoms with Crippen LogP contribution in [0.5, 0.6) is 0 Å². The predicted molar refractivity (Wildman–Crippen MR) is 50.1 cm³/mol. The van der Waals surface area contributed by atoms with Crippen LogP contribution < -0.4 is 4.72 Å². The van der Waals surface area contributed by atoms with Crippen LogP contribution in [0, 0.1) is 6.54 Å². The maximum atomic E-state index is 11.3. The van der Waals surface area contributed by atoms with Gasteiger partial charge in [0.15, 0.2) is 0 Å². The first-order valence-corrected chi connectivity index (χ1v) is 4.66. The van der Waals surface area contributed by atoms with E-state index in [1.807, 2.05) is 27.7 Å². The van der Waals surface area contributed by atoms with Crippen LogP contribution in [0.15, 0.2) is 12.2 Å². The van der Waals surface area contributed by atoms with Gasteiger partial charge in [-0.25, -0.2) is 0 Å². The van der Waals surface area contributed by atoms with Gasteiger partial charge in [-0.3, -0.25) is 0 Å². The number of nitrogens with one attached hydrogen (secondary N) is 1. The van der Waals surface area contributed by atoms with E-state index in [4.69, 9.17) is 0 Å². The first-order chi connectivity index (χ1) is 4.84. The van der Waals surface area contributed by atoms with Crippen LogP contribution in [0.2, 0.25) is 0 Å². The van der Waals surface area contributed by atoms with Crippen molar-refractivity contribution >= 4 is 11.4 Å². The van der Waals surface area contributed by atoms with Gasteiger partial charge in [0.2, 0.25) is 0 Å². The van der Waals surface area contributed by atoms with Crippen LogP contribution in [0.4, 0.5) is 0 Å². The Morgan fingerprint density at radius 3 is 2.27 bits per heavy atom. The Hall–Kier alpha value is 0.01000. The smallest absolute Gasteiger partial charge is 0.136 e. The van der Waals surface area contributed by atoms with Crippen molar-refractivity contribution in [2.75, 3.05) is 0 Å². The molecule has 0 saturated heterocycles. The summed E-state index contributed by atoms with van der Waals surface area (Å²) in [5.41, 5.74) is 0.877. The molecular weight excluding hydrogens is 158 g/mol. The molecule has 0 aromatic carbocycles. The molecule has 0 unspecified atom stereocenters. The highest BCUT2D eigenvalue weighted by Gasteiger charge is 2.25. The molecule has 0 spiro atoms. The summed E-state index contributed by atoms with van der Waals surface area (Å²) >= 11 is -1.02. The van der Waals surface area contributed by atoms with Gasteiger partial charge in [-0.15, -0.1) is 4.72 Å². The van der Waals surface area contributed by atoms with Crippen molar-refractivity contribution in [2.24, 2.45) is 0 Å². The first kappa shape index (κ1) is 11.0. The number of rotatable bonds is 3. The second-order valence-electron chi connectivity index (χ2n) is 3.49.